The zero-order valence-corrected chi connectivity index (χ0v) is 40.3. The van der Waals surface area contributed by atoms with Gasteiger partial charge < -0.3 is 9.80 Å². The molecule has 4 aliphatic rings. The Balaban J connectivity index is 1.36. The Morgan fingerprint density at radius 3 is 1.61 bits per heavy atom. The number of hydrogen-bond donors (Lipinski definition) is 0. The van der Waals surface area contributed by atoms with Gasteiger partial charge in [0, 0.05) is 34.1 Å². The Kier molecular flexibility index (Phi) is 8.62. The minimum Gasteiger partial charge on any atom is -0.311 e. The predicted octanol–water partition coefficient (Wildman–Crippen LogP) is 14.3. The Morgan fingerprint density at radius 1 is 0.435 bits per heavy atom. The molecule has 6 aromatic rings. The molecule has 0 N–H and O–H groups in total. The molecule has 0 saturated carbocycles. The molecule has 0 amide bonds. The Hall–Kier alpha value is -5.02. The minimum atomic E-state index is -0.0910. The van der Waals surface area contributed by atoms with Crippen molar-refractivity contribution in [3.8, 4) is 11.1 Å². The Bertz CT molecular complexity index is 2840. The molecule has 3 heteroatoms. The van der Waals surface area contributed by atoms with Crippen LogP contribution in [0.15, 0.2) is 109 Å². The topological polar surface area (TPSA) is 6.48 Å². The molecule has 62 heavy (non-hydrogen) atoms. The van der Waals surface area contributed by atoms with Gasteiger partial charge in [0.1, 0.15) is 0 Å². The summed E-state index contributed by atoms with van der Waals surface area (Å²) in [5.41, 5.74) is 24.6. The third-order valence-electron chi connectivity index (χ3n) is 15.4. The first-order valence-corrected chi connectivity index (χ1v) is 23.3. The normalized spacial score (nSPS) is 18.5. The highest BCUT2D eigenvalue weighted by atomic mass is 15.2. The summed E-state index contributed by atoms with van der Waals surface area (Å²) in [7, 11) is 0. The van der Waals surface area contributed by atoms with Crippen molar-refractivity contribution in [3.05, 3.63) is 148 Å². The molecule has 0 unspecified atom stereocenters. The van der Waals surface area contributed by atoms with Crippen LogP contribution in [0.25, 0.3) is 11.1 Å². The number of aryl methyl sites for hydroxylation is 1. The van der Waals surface area contributed by atoms with E-state index in [1.54, 1.807) is 0 Å². The van der Waals surface area contributed by atoms with E-state index in [4.69, 9.17) is 0 Å². The molecule has 6 aromatic carbocycles. The standard InChI is InChI=1S/C59H67BN2/c1-36-21-23-39(54(2,3)4)28-49(36)62-48-26-22-38(37-19-17-16-18-20-37)27-46(48)60-47-32-44-45(59(14,15)35-58(44,12)13)33-50(47)61(51-29-40(55(5,6)7)30-52(62)53(51)60)41-24-25-42-43(31-41)57(10,11)34-56(42,8)9/h16-33H,34-35H2,1-15H3. The van der Waals surface area contributed by atoms with Crippen LogP contribution in [-0.2, 0) is 32.5 Å². The van der Waals surface area contributed by atoms with Gasteiger partial charge in [-0.25, -0.2) is 0 Å². The first-order chi connectivity index (χ1) is 28.9. The maximum absolute atomic E-state index is 2.70. The summed E-state index contributed by atoms with van der Waals surface area (Å²) in [6, 6.07) is 43.4. The molecule has 2 aliphatic heterocycles. The van der Waals surface area contributed by atoms with Crippen molar-refractivity contribution in [2.45, 2.75) is 149 Å². The summed E-state index contributed by atoms with van der Waals surface area (Å²) in [4.78, 5) is 5.35. The van der Waals surface area contributed by atoms with Gasteiger partial charge in [-0.2, -0.15) is 0 Å². The first-order valence-electron chi connectivity index (χ1n) is 23.3. The van der Waals surface area contributed by atoms with E-state index < -0.39 is 0 Å². The van der Waals surface area contributed by atoms with Gasteiger partial charge in [-0.3, -0.25) is 0 Å². The maximum atomic E-state index is 2.70. The summed E-state index contributed by atoms with van der Waals surface area (Å²) in [6.45, 7) is 36.2. The van der Waals surface area contributed by atoms with Crippen LogP contribution in [0.2, 0.25) is 0 Å². The van der Waals surface area contributed by atoms with E-state index in [0.29, 0.717) is 0 Å². The second-order valence-corrected chi connectivity index (χ2v) is 24.2. The average Bonchev–Trinajstić information content (AvgIpc) is 3.50. The van der Waals surface area contributed by atoms with Crippen LogP contribution in [0.5, 0.6) is 0 Å². The first kappa shape index (κ1) is 41.0. The van der Waals surface area contributed by atoms with Crippen molar-refractivity contribution >= 4 is 57.2 Å². The molecule has 316 valence electrons. The van der Waals surface area contributed by atoms with Crippen LogP contribution in [0.4, 0.5) is 34.1 Å². The van der Waals surface area contributed by atoms with E-state index in [9.17, 15) is 0 Å². The summed E-state index contributed by atoms with van der Waals surface area (Å²) >= 11 is 0. The van der Waals surface area contributed by atoms with E-state index >= 15 is 0 Å². The second-order valence-electron chi connectivity index (χ2n) is 24.2. The zero-order chi connectivity index (χ0) is 44.3. The van der Waals surface area contributed by atoms with Crippen LogP contribution < -0.4 is 26.2 Å². The minimum absolute atomic E-state index is 0.0000618. The summed E-state index contributed by atoms with van der Waals surface area (Å²) in [6.07, 6.45) is 2.27. The number of anilines is 6. The SMILES string of the molecule is Cc1ccc(C(C)(C)C)cc1N1c2ccc(-c3ccccc3)cc2B2c3cc4c(cc3N(c3ccc5c(c3)C(C)(C)CC5(C)C)c3cc(C(C)(C)C)cc1c32)C(C)(C)CC4(C)C. The van der Waals surface area contributed by atoms with Crippen LogP contribution in [0.1, 0.15) is 149 Å². The van der Waals surface area contributed by atoms with Crippen LogP contribution in [-0.4, -0.2) is 6.71 Å². The van der Waals surface area contributed by atoms with Gasteiger partial charge in [-0.15, -0.1) is 0 Å². The van der Waals surface area contributed by atoms with Gasteiger partial charge in [0.25, 0.3) is 6.71 Å². The molecule has 0 saturated heterocycles. The van der Waals surface area contributed by atoms with Crippen molar-refractivity contribution in [1.82, 2.24) is 0 Å². The molecular weight excluding hydrogens is 747 g/mol. The van der Waals surface area contributed by atoms with Crippen molar-refractivity contribution in [1.29, 1.82) is 0 Å². The van der Waals surface area contributed by atoms with Gasteiger partial charge >= 0.3 is 0 Å². The van der Waals surface area contributed by atoms with E-state index in [2.05, 4.69) is 223 Å². The van der Waals surface area contributed by atoms with E-state index in [1.165, 1.54) is 101 Å². The molecule has 2 heterocycles. The third-order valence-corrected chi connectivity index (χ3v) is 15.4. The summed E-state index contributed by atoms with van der Waals surface area (Å²) in [5, 5.41) is 0. The summed E-state index contributed by atoms with van der Waals surface area (Å²) < 4.78 is 0. The number of nitrogens with zero attached hydrogens (tertiary/aromatic N) is 2. The fourth-order valence-electron chi connectivity index (χ4n) is 12.7. The Morgan fingerprint density at radius 2 is 0.984 bits per heavy atom. The highest BCUT2D eigenvalue weighted by molar-refractivity contribution is 7.00. The van der Waals surface area contributed by atoms with Crippen LogP contribution in [0.3, 0.4) is 0 Å². The quantitative estimate of drug-likeness (QED) is 0.164. The van der Waals surface area contributed by atoms with E-state index in [-0.39, 0.29) is 39.2 Å². The van der Waals surface area contributed by atoms with Gasteiger partial charge in [-0.05, 0) is 161 Å². The number of hydrogen-bond acceptors (Lipinski definition) is 2. The van der Waals surface area contributed by atoms with Crippen LogP contribution in [0, 0.1) is 6.92 Å². The monoisotopic (exact) mass is 815 g/mol. The molecule has 0 bridgehead atoms. The number of rotatable bonds is 3. The fraction of sp³-hybridized carbons (Fsp3) is 0.390. The molecule has 10 rings (SSSR count). The third kappa shape index (κ3) is 6.11. The summed E-state index contributed by atoms with van der Waals surface area (Å²) in [5.74, 6) is 0. The molecule has 0 spiro atoms. The lowest BCUT2D eigenvalue weighted by Gasteiger charge is -2.46. The van der Waals surface area contributed by atoms with Gasteiger partial charge in [0.2, 0.25) is 0 Å². The molecule has 0 fully saturated rings. The smallest absolute Gasteiger partial charge is 0.252 e. The van der Waals surface area contributed by atoms with Crippen LogP contribution >= 0.6 is 0 Å². The molecule has 0 atom stereocenters. The lowest BCUT2D eigenvalue weighted by molar-refractivity contribution is 0.403. The lowest BCUT2D eigenvalue weighted by atomic mass is 9.33. The highest BCUT2D eigenvalue weighted by Crippen LogP contribution is 2.55. The largest absolute Gasteiger partial charge is 0.311 e. The van der Waals surface area contributed by atoms with Gasteiger partial charge in [0.05, 0.1) is 0 Å². The second kappa shape index (κ2) is 13.0. The average molecular weight is 815 g/mol. The van der Waals surface area contributed by atoms with Gasteiger partial charge in [0.15, 0.2) is 0 Å². The molecule has 2 aliphatic carbocycles. The lowest BCUT2D eigenvalue weighted by Crippen LogP contribution is -2.61. The van der Waals surface area contributed by atoms with E-state index in [1.807, 2.05) is 0 Å². The van der Waals surface area contributed by atoms with Gasteiger partial charge in [-0.1, -0.05) is 164 Å². The Labute approximate surface area is 373 Å². The van der Waals surface area contributed by atoms with Crippen molar-refractivity contribution < 1.29 is 0 Å². The number of benzene rings is 6. The van der Waals surface area contributed by atoms with E-state index in [0.717, 1.165) is 12.8 Å². The zero-order valence-electron chi connectivity index (χ0n) is 40.3. The maximum Gasteiger partial charge on any atom is 0.252 e. The molecule has 0 aromatic heterocycles. The van der Waals surface area contributed by atoms with Crippen molar-refractivity contribution in [2.24, 2.45) is 0 Å². The fourth-order valence-corrected chi connectivity index (χ4v) is 12.7. The highest BCUT2D eigenvalue weighted by Gasteiger charge is 2.49. The van der Waals surface area contributed by atoms with Crippen molar-refractivity contribution in [3.63, 3.8) is 0 Å². The molecule has 2 nitrogen and oxygen atoms in total. The van der Waals surface area contributed by atoms with Crippen molar-refractivity contribution in [2.75, 3.05) is 9.80 Å². The molecule has 0 radical (unpaired) electrons. The predicted molar refractivity (Wildman–Crippen MR) is 269 cm³/mol. The number of fused-ring (bicyclic) bond motifs is 6. The molecular formula is C59H67BN2.